The van der Waals surface area contributed by atoms with Crippen LogP contribution >= 0.6 is 0 Å². The summed E-state index contributed by atoms with van der Waals surface area (Å²) in [5.41, 5.74) is 1.58. The van der Waals surface area contributed by atoms with Crippen LogP contribution in [-0.4, -0.2) is 0 Å². The van der Waals surface area contributed by atoms with Crippen LogP contribution in [0.25, 0.3) is 0 Å². The minimum absolute atomic E-state index is 0.716. The Bertz CT molecular complexity index is 580. The second kappa shape index (κ2) is 14.6. The highest BCUT2D eigenvalue weighted by atomic mass is 19.1. The van der Waals surface area contributed by atoms with Crippen LogP contribution in [0.2, 0.25) is 0 Å². The summed E-state index contributed by atoms with van der Waals surface area (Å²) in [6, 6.07) is 1.50. The van der Waals surface area contributed by atoms with Gasteiger partial charge in [-0.2, -0.15) is 9.65 Å². The molecule has 0 spiro atoms. The quantitative estimate of drug-likeness (QED) is 0.135. The van der Waals surface area contributed by atoms with E-state index in [2.05, 4.69) is 13.5 Å². The molecule has 0 radical (unpaired) electrons. The summed E-state index contributed by atoms with van der Waals surface area (Å²) in [4.78, 5) is 0. The van der Waals surface area contributed by atoms with Gasteiger partial charge in [-0.15, -0.1) is 0 Å². The fraction of sp³-hybridized carbons (Fsp3) is 0.750. The molecule has 1 nitrogen and oxygen atoms in total. The highest BCUT2D eigenvalue weighted by Gasteiger charge is 2.29. The van der Waals surface area contributed by atoms with Crippen LogP contribution in [0.4, 0.5) is 4.39 Å². The topological polar surface area (TPSA) is 23.8 Å². The highest BCUT2D eigenvalue weighted by Crippen LogP contribution is 2.42. The summed E-state index contributed by atoms with van der Waals surface area (Å²) < 4.78 is 12.7. The number of nitriles is 1. The molecule has 30 heavy (non-hydrogen) atoms. The van der Waals surface area contributed by atoms with Gasteiger partial charge in [-0.3, -0.25) is 0 Å². The Hall–Kier alpha value is -1.36. The summed E-state index contributed by atoms with van der Waals surface area (Å²) in [6.07, 6.45) is 26.5. The van der Waals surface area contributed by atoms with E-state index in [0.29, 0.717) is 0 Å². The summed E-state index contributed by atoms with van der Waals surface area (Å²) >= 11 is 0. The van der Waals surface area contributed by atoms with Crippen LogP contribution in [0.5, 0.6) is 0 Å². The van der Waals surface area contributed by atoms with Gasteiger partial charge in [0.05, 0.1) is 0 Å². The van der Waals surface area contributed by atoms with Crippen molar-refractivity contribution >= 4 is 0 Å². The number of rotatable bonds is 12. The van der Waals surface area contributed by atoms with Crippen molar-refractivity contribution in [3.05, 3.63) is 36.2 Å². The smallest absolute Gasteiger partial charge is 0.195 e. The maximum atomic E-state index is 12.7. The summed E-state index contributed by atoms with van der Waals surface area (Å²) in [7, 11) is 0. The predicted molar refractivity (Wildman–Crippen MR) is 127 cm³/mol. The molecule has 2 aliphatic rings. The molecular weight excluding hydrogens is 369 g/mol. The highest BCUT2D eigenvalue weighted by molar-refractivity contribution is 5.18. The Morgan fingerprint density at radius 1 is 0.900 bits per heavy atom. The van der Waals surface area contributed by atoms with Crippen LogP contribution < -0.4 is 0 Å². The maximum absolute atomic E-state index is 12.7. The molecule has 2 rings (SSSR count). The first-order chi connectivity index (χ1) is 14.6. The molecule has 0 amide bonds. The summed E-state index contributed by atoms with van der Waals surface area (Å²) in [5.74, 6) is 2.60. The van der Waals surface area contributed by atoms with Gasteiger partial charge in [0.2, 0.25) is 0 Å². The van der Waals surface area contributed by atoms with Crippen molar-refractivity contribution in [1.29, 1.82) is 5.26 Å². The standard InChI is InChI=1S/C28H44FN/c1-3-4-5-6-8-11-24-14-18-26(19-15-24)23(2)27-20-16-25(17-21-27)12-9-7-10-13-28(29)22-30/h7,10,13,24-27H,2-6,8-9,11-12,14-21H2,1H3/b10-7+,28-13-/t24-,25-,26-,27-. The van der Waals surface area contributed by atoms with E-state index in [9.17, 15) is 4.39 Å². The van der Waals surface area contributed by atoms with Crippen LogP contribution in [-0.2, 0) is 0 Å². The Labute approximate surface area is 185 Å². The number of unbranched alkanes of at least 4 members (excludes halogenated alkanes) is 4. The second-order valence-electron chi connectivity index (χ2n) is 9.85. The van der Waals surface area contributed by atoms with Crippen LogP contribution in [0.1, 0.15) is 110 Å². The Balaban J connectivity index is 1.59. The van der Waals surface area contributed by atoms with E-state index in [4.69, 9.17) is 5.26 Å². The Kier molecular flexibility index (Phi) is 12.1. The van der Waals surface area contributed by atoms with Gasteiger partial charge < -0.3 is 0 Å². The molecule has 2 aliphatic carbocycles. The number of hydrogen-bond donors (Lipinski definition) is 0. The fourth-order valence-corrected chi connectivity index (χ4v) is 5.63. The van der Waals surface area contributed by atoms with Crippen molar-refractivity contribution < 1.29 is 4.39 Å². The van der Waals surface area contributed by atoms with Crippen molar-refractivity contribution in [2.24, 2.45) is 23.7 Å². The molecule has 0 atom stereocenters. The molecular formula is C28H44FN. The van der Waals surface area contributed by atoms with Crippen molar-refractivity contribution in [3.63, 3.8) is 0 Å². The van der Waals surface area contributed by atoms with Gasteiger partial charge >= 0.3 is 0 Å². The molecule has 0 N–H and O–H groups in total. The van der Waals surface area contributed by atoms with Crippen molar-refractivity contribution in [1.82, 2.24) is 0 Å². The van der Waals surface area contributed by atoms with Crippen molar-refractivity contribution in [2.45, 2.75) is 110 Å². The van der Waals surface area contributed by atoms with Gasteiger partial charge in [0.1, 0.15) is 6.07 Å². The molecule has 2 fully saturated rings. The van der Waals surface area contributed by atoms with E-state index < -0.39 is 5.83 Å². The lowest BCUT2D eigenvalue weighted by Crippen LogP contribution is -2.23. The van der Waals surface area contributed by atoms with Crippen molar-refractivity contribution in [3.8, 4) is 6.07 Å². The van der Waals surface area contributed by atoms with Gasteiger partial charge in [0, 0.05) is 0 Å². The molecule has 0 aromatic heterocycles. The van der Waals surface area contributed by atoms with E-state index in [0.717, 1.165) is 30.1 Å². The van der Waals surface area contributed by atoms with E-state index in [1.54, 1.807) is 11.6 Å². The average Bonchev–Trinajstić information content (AvgIpc) is 2.79. The molecule has 0 bridgehead atoms. The zero-order valence-electron chi connectivity index (χ0n) is 19.4. The molecule has 0 saturated heterocycles. The van der Waals surface area contributed by atoms with Crippen LogP contribution in [0.3, 0.4) is 0 Å². The SMILES string of the molecule is C=C([C@H]1CC[C@H](CC/C=C/C=C(\F)C#N)CC1)[C@H]1CC[C@H](CCCCCCC)CC1. The normalized spacial score (nSPS) is 27.8. The van der Waals surface area contributed by atoms with Gasteiger partial charge in [0.15, 0.2) is 5.83 Å². The van der Waals surface area contributed by atoms with Gasteiger partial charge in [-0.05, 0) is 94.0 Å². The summed E-state index contributed by atoms with van der Waals surface area (Å²) in [6.45, 7) is 6.87. The van der Waals surface area contributed by atoms with Gasteiger partial charge in [-0.25, -0.2) is 0 Å². The predicted octanol–water partition coefficient (Wildman–Crippen LogP) is 9.23. The molecule has 2 heteroatoms. The molecule has 0 aromatic rings. The molecule has 2 saturated carbocycles. The first kappa shape index (κ1) is 24.9. The lowest BCUT2D eigenvalue weighted by molar-refractivity contribution is 0.239. The second-order valence-corrected chi connectivity index (χ2v) is 9.85. The lowest BCUT2D eigenvalue weighted by atomic mass is 9.70. The van der Waals surface area contributed by atoms with Gasteiger partial charge in [0.25, 0.3) is 0 Å². The summed E-state index contributed by atoms with van der Waals surface area (Å²) in [5, 5.41) is 8.40. The molecule has 168 valence electrons. The van der Waals surface area contributed by atoms with E-state index >= 15 is 0 Å². The maximum Gasteiger partial charge on any atom is 0.199 e. The molecule has 0 aliphatic heterocycles. The molecule has 0 aromatic carbocycles. The average molecular weight is 414 g/mol. The number of allylic oxidation sites excluding steroid dienone is 5. The molecule has 0 unspecified atom stereocenters. The Morgan fingerprint density at radius 3 is 2.03 bits per heavy atom. The Morgan fingerprint density at radius 2 is 1.47 bits per heavy atom. The zero-order valence-corrected chi connectivity index (χ0v) is 19.4. The van der Waals surface area contributed by atoms with E-state index in [1.807, 2.05) is 6.08 Å². The minimum Gasteiger partial charge on any atom is -0.195 e. The third-order valence-electron chi connectivity index (χ3n) is 7.69. The number of halogens is 1. The first-order valence-corrected chi connectivity index (χ1v) is 12.7. The van der Waals surface area contributed by atoms with Crippen LogP contribution in [0.15, 0.2) is 36.2 Å². The molecule has 0 heterocycles. The largest absolute Gasteiger partial charge is 0.199 e. The van der Waals surface area contributed by atoms with E-state index in [1.165, 1.54) is 108 Å². The van der Waals surface area contributed by atoms with Crippen molar-refractivity contribution in [2.75, 3.05) is 0 Å². The monoisotopic (exact) mass is 413 g/mol. The third kappa shape index (κ3) is 9.20. The fourth-order valence-electron chi connectivity index (χ4n) is 5.63. The number of hydrogen-bond acceptors (Lipinski definition) is 1. The minimum atomic E-state index is -0.716. The lowest BCUT2D eigenvalue weighted by Gasteiger charge is -2.36. The van der Waals surface area contributed by atoms with E-state index in [-0.39, 0.29) is 0 Å². The van der Waals surface area contributed by atoms with Gasteiger partial charge in [-0.1, -0.05) is 69.8 Å². The first-order valence-electron chi connectivity index (χ1n) is 12.7. The zero-order chi connectivity index (χ0) is 21.6. The van der Waals surface area contributed by atoms with Crippen LogP contribution in [0, 0.1) is 35.0 Å². The number of nitrogens with zero attached hydrogens (tertiary/aromatic N) is 1. The third-order valence-corrected chi connectivity index (χ3v) is 7.69.